The number of rotatable bonds is 1. The Labute approximate surface area is 94.5 Å². The van der Waals surface area contributed by atoms with E-state index in [4.69, 9.17) is 5.26 Å². The third-order valence-corrected chi connectivity index (χ3v) is 2.82. The van der Waals surface area contributed by atoms with Crippen LogP contribution in [0.4, 0.5) is 10.5 Å². The average Bonchev–Trinajstić information content (AvgIpc) is 2.29. The maximum absolute atomic E-state index is 11.5. The summed E-state index contributed by atoms with van der Waals surface area (Å²) in [6, 6.07) is 7.87. The number of nitriles is 1. The Morgan fingerprint density at radius 1 is 1.56 bits per heavy atom. The van der Waals surface area contributed by atoms with E-state index in [1.165, 1.54) is 0 Å². The van der Waals surface area contributed by atoms with Gasteiger partial charge in [0.05, 0.1) is 12.0 Å². The molecule has 4 nitrogen and oxygen atoms in total. The smallest absolute Gasteiger partial charge is 0.321 e. The van der Waals surface area contributed by atoms with Crippen LogP contribution in [0.3, 0.4) is 0 Å². The van der Waals surface area contributed by atoms with Crippen LogP contribution >= 0.6 is 0 Å². The second-order valence-corrected chi connectivity index (χ2v) is 4.05. The minimum atomic E-state index is -0.151. The van der Waals surface area contributed by atoms with Crippen LogP contribution in [0.25, 0.3) is 0 Å². The molecule has 1 N–H and O–H groups in total. The first-order valence-electron chi connectivity index (χ1n) is 5.16. The summed E-state index contributed by atoms with van der Waals surface area (Å²) >= 11 is 0. The van der Waals surface area contributed by atoms with Gasteiger partial charge in [0, 0.05) is 19.3 Å². The number of carbonyl (C=O) groups is 1. The van der Waals surface area contributed by atoms with Crippen LogP contribution in [0.1, 0.15) is 24.0 Å². The number of carbonyl (C=O) groups excluding carboxylic acids is 1. The van der Waals surface area contributed by atoms with Crippen molar-refractivity contribution in [3.63, 3.8) is 0 Å². The van der Waals surface area contributed by atoms with E-state index in [1.807, 2.05) is 25.1 Å². The molecule has 82 valence electrons. The topological polar surface area (TPSA) is 56.1 Å². The number of benzene rings is 1. The number of nitrogens with zero attached hydrogens (tertiary/aromatic N) is 2. The molecule has 4 heteroatoms. The fraction of sp³-hybridized carbons (Fsp3) is 0.333. The molecule has 0 radical (unpaired) electrons. The zero-order valence-corrected chi connectivity index (χ0v) is 9.32. The summed E-state index contributed by atoms with van der Waals surface area (Å²) in [7, 11) is 1.75. The predicted molar refractivity (Wildman–Crippen MR) is 61.0 cm³/mol. The van der Waals surface area contributed by atoms with Gasteiger partial charge in [-0.15, -0.1) is 0 Å². The lowest BCUT2D eigenvalue weighted by Gasteiger charge is -2.26. The van der Waals surface area contributed by atoms with Crippen molar-refractivity contribution in [3.8, 4) is 6.07 Å². The number of amides is 2. The summed E-state index contributed by atoms with van der Waals surface area (Å²) in [5, 5.41) is 11.6. The predicted octanol–water partition coefficient (Wildman–Crippen LogP) is 2.29. The first-order chi connectivity index (χ1) is 7.61. The molecule has 1 aliphatic rings. The molecular formula is C12H13N3O. The highest BCUT2D eigenvalue weighted by Crippen LogP contribution is 2.26. The zero-order valence-electron chi connectivity index (χ0n) is 9.32. The van der Waals surface area contributed by atoms with E-state index in [2.05, 4.69) is 11.4 Å². The van der Waals surface area contributed by atoms with Gasteiger partial charge in [0.15, 0.2) is 0 Å². The Morgan fingerprint density at radius 3 is 3.00 bits per heavy atom. The number of anilines is 1. The molecule has 0 saturated carbocycles. The summed E-state index contributed by atoms with van der Waals surface area (Å²) in [6.07, 6.45) is 0. The van der Waals surface area contributed by atoms with Crippen LogP contribution in [-0.2, 0) is 6.54 Å². The summed E-state index contributed by atoms with van der Waals surface area (Å²) in [5.41, 5.74) is 2.84. The van der Waals surface area contributed by atoms with Crippen molar-refractivity contribution < 1.29 is 4.79 Å². The van der Waals surface area contributed by atoms with Crippen molar-refractivity contribution in [2.24, 2.45) is 0 Å². The molecule has 0 spiro atoms. The van der Waals surface area contributed by atoms with Crippen molar-refractivity contribution in [2.75, 3.05) is 12.4 Å². The van der Waals surface area contributed by atoms with Crippen LogP contribution in [0.2, 0.25) is 0 Å². The Kier molecular flexibility index (Phi) is 2.53. The molecule has 0 aliphatic carbocycles. The van der Waals surface area contributed by atoms with E-state index in [9.17, 15) is 4.79 Å². The molecule has 1 atom stereocenters. The third kappa shape index (κ3) is 1.72. The second-order valence-electron chi connectivity index (χ2n) is 4.05. The molecule has 2 rings (SSSR count). The number of hydrogen-bond acceptors (Lipinski definition) is 2. The number of nitrogens with one attached hydrogen (secondary N) is 1. The highest BCUT2D eigenvalue weighted by molar-refractivity contribution is 5.92. The highest BCUT2D eigenvalue weighted by atomic mass is 16.2. The van der Waals surface area contributed by atoms with E-state index in [0.717, 1.165) is 16.8 Å². The Bertz CT molecular complexity index is 476. The summed E-state index contributed by atoms with van der Waals surface area (Å²) in [6.45, 7) is 2.46. The van der Waals surface area contributed by atoms with Gasteiger partial charge in [-0.3, -0.25) is 0 Å². The SMILES string of the molecule is CC(C#N)c1ccc2c(c1)NC(=O)N(C)C2. The molecule has 16 heavy (non-hydrogen) atoms. The summed E-state index contributed by atoms with van der Waals surface area (Å²) in [5.74, 6) is -0.151. The van der Waals surface area contributed by atoms with Gasteiger partial charge in [0.1, 0.15) is 0 Å². The monoisotopic (exact) mass is 215 g/mol. The number of fused-ring (bicyclic) bond motifs is 1. The van der Waals surface area contributed by atoms with Crippen molar-refractivity contribution in [1.82, 2.24) is 4.90 Å². The van der Waals surface area contributed by atoms with Gasteiger partial charge < -0.3 is 10.2 Å². The molecule has 1 unspecified atom stereocenters. The average molecular weight is 215 g/mol. The van der Waals surface area contributed by atoms with Crippen molar-refractivity contribution >= 4 is 11.7 Å². The van der Waals surface area contributed by atoms with Crippen LogP contribution in [0.5, 0.6) is 0 Å². The van der Waals surface area contributed by atoms with E-state index in [1.54, 1.807) is 11.9 Å². The highest BCUT2D eigenvalue weighted by Gasteiger charge is 2.19. The van der Waals surface area contributed by atoms with Crippen molar-refractivity contribution in [3.05, 3.63) is 29.3 Å². The van der Waals surface area contributed by atoms with Gasteiger partial charge in [0.25, 0.3) is 0 Å². The lowest BCUT2D eigenvalue weighted by Crippen LogP contribution is -2.35. The lowest BCUT2D eigenvalue weighted by molar-refractivity contribution is 0.218. The molecule has 1 heterocycles. The fourth-order valence-electron chi connectivity index (χ4n) is 1.73. The standard InChI is InChI=1S/C12H13N3O/c1-8(6-13)9-3-4-10-7-15(2)12(16)14-11(10)5-9/h3-5,8H,7H2,1-2H3,(H,14,16). The fourth-order valence-corrected chi connectivity index (χ4v) is 1.73. The molecular weight excluding hydrogens is 202 g/mol. The Balaban J connectivity index is 2.37. The van der Waals surface area contributed by atoms with Crippen molar-refractivity contribution in [2.45, 2.75) is 19.4 Å². The lowest BCUT2D eigenvalue weighted by atomic mass is 9.99. The van der Waals surface area contributed by atoms with E-state index < -0.39 is 0 Å². The Morgan fingerprint density at radius 2 is 2.31 bits per heavy atom. The van der Waals surface area contributed by atoms with Crippen molar-refractivity contribution in [1.29, 1.82) is 5.26 Å². The van der Waals surface area contributed by atoms with Gasteiger partial charge in [-0.25, -0.2) is 4.79 Å². The maximum Gasteiger partial charge on any atom is 0.321 e. The normalized spacial score (nSPS) is 16.1. The van der Waals surface area contributed by atoms with Gasteiger partial charge >= 0.3 is 6.03 Å². The zero-order chi connectivity index (χ0) is 11.7. The van der Waals surface area contributed by atoms with Gasteiger partial charge in [-0.1, -0.05) is 12.1 Å². The third-order valence-electron chi connectivity index (χ3n) is 2.82. The quantitative estimate of drug-likeness (QED) is 0.781. The minimum absolute atomic E-state index is 0.103. The Hall–Kier alpha value is -2.02. The molecule has 0 bridgehead atoms. The minimum Gasteiger partial charge on any atom is -0.323 e. The molecule has 1 aliphatic heterocycles. The van der Waals surface area contributed by atoms with Crippen LogP contribution in [0.15, 0.2) is 18.2 Å². The molecule has 1 aromatic rings. The summed E-state index contributed by atoms with van der Waals surface area (Å²) < 4.78 is 0. The van der Waals surface area contributed by atoms with Gasteiger partial charge in [-0.2, -0.15) is 5.26 Å². The van der Waals surface area contributed by atoms with E-state index >= 15 is 0 Å². The largest absolute Gasteiger partial charge is 0.323 e. The van der Waals surface area contributed by atoms with Crippen LogP contribution < -0.4 is 5.32 Å². The summed E-state index contributed by atoms with van der Waals surface area (Å²) in [4.78, 5) is 13.1. The number of urea groups is 1. The molecule has 1 aromatic carbocycles. The number of hydrogen-bond donors (Lipinski definition) is 1. The first kappa shape index (κ1) is 10.5. The molecule has 2 amide bonds. The van der Waals surface area contributed by atoms with Gasteiger partial charge in [-0.05, 0) is 24.1 Å². The van der Waals surface area contributed by atoms with E-state index in [-0.39, 0.29) is 11.9 Å². The maximum atomic E-state index is 11.5. The van der Waals surface area contributed by atoms with Crippen LogP contribution in [0, 0.1) is 11.3 Å². The van der Waals surface area contributed by atoms with E-state index in [0.29, 0.717) is 6.54 Å². The second kappa shape index (κ2) is 3.86. The van der Waals surface area contributed by atoms with Gasteiger partial charge in [0.2, 0.25) is 0 Å². The first-order valence-corrected chi connectivity index (χ1v) is 5.16. The molecule has 0 saturated heterocycles. The van der Waals surface area contributed by atoms with Crippen LogP contribution in [-0.4, -0.2) is 18.0 Å². The molecule has 0 fully saturated rings. The molecule has 0 aromatic heterocycles.